The number of hydrazine groups is 1. The number of nitrogens with two attached hydrogens (primary N) is 1. The molecular weight excluding hydrogens is 282 g/mol. The van der Waals surface area contributed by atoms with Crippen LogP contribution in [0, 0.1) is 0 Å². The number of aromatic nitrogens is 1. The first-order valence-electron chi connectivity index (χ1n) is 7.72. The van der Waals surface area contributed by atoms with Crippen LogP contribution < -0.4 is 11.3 Å². The molecule has 1 unspecified atom stereocenters. The Labute approximate surface area is 129 Å². The molecule has 2 aromatic rings. The lowest BCUT2D eigenvalue weighted by Gasteiger charge is -2.36. The van der Waals surface area contributed by atoms with E-state index >= 15 is 0 Å². The Hall–Kier alpha value is -1.01. The number of hydrogen-bond acceptors (Lipinski definition) is 5. The van der Waals surface area contributed by atoms with Crippen LogP contribution >= 0.6 is 11.3 Å². The molecule has 0 saturated heterocycles. The number of hydrogen-bond donors (Lipinski definition) is 2. The molecule has 1 fully saturated rings. The number of ether oxygens (including phenoxy) is 1. The van der Waals surface area contributed by atoms with E-state index in [4.69, 9.17) is 15.6 Å². The highest BCUT2D eigenvalue weighted by atomic mass is 32.1. The van der Waals surface area contributed by atoms with Crippen molar-refractivity contribution in [3.63, 3.8) is 0 Å². The molecule has 1 heterocycles. The summed E-state index contributed by atoms with van der Waals surface area (Å²) < 4.78 is 7.36. The first kappa shape index (κ1) is 14.9. The molecule has 3 N–H and O–H groups in total. The third kappa shape index (κ3) is 2.97. The highest BCUT2D eigenvalue weighted by molar-refractivity contribution is 7.18. The minimum Gasteiger partial charge on any atom is -0.374 e. The lowest BCUT2D eigenvalue weighted by molar-refractivity contribution is -0.0613. The van der Waals surface area contributed by atoms with Gasteiger partial charge in [0, 0.05) is 13.0 Å². The van der Waals surface area contributed by atoms with Crippen LogP contribution in [-0.4, -0.2) is 23.2 Å². The first-order valence-corrected chi connectivity index (χ1v) is 8.53. The average Bonchev–Trinajstić information content (AvgIpc) is 3.11. The van der Waals surface area contributed by atoms with Gasteiger partial charge in [-0.05, 0) is 31.9 Å². The fourth-order valence-electron chi connectivity index (χ4n) is 3.43. The maximum atomic E-state index is 6.12. The Morgan fingerprint density at radius 3 is 2.81 bits per heavy atom. The topological polar surface area (TPSA) is 60.2 Å². The van der Waals surface area contributed by atoms with Crippen LogP contribution in [0.2, 0.25) is 0 Å². The van der Waals surface area contributed by atoms with E-state index < -0.39 is 0 Å². The summed E-state index contributed by atoms with van der Waals surface area (Å²) in [6.45, 7) is 2.80. The van der Waals surface area contributed by atoms with Crippen LogP contribution in [0.25, 0.3) is 10.2 Å². The summed E-state index contributed by atoms with van der Waals surface area (Å²) in [7, 11) is 0. The monoisotopic (exact) mass is 305 g/mol. The second-order valence-electron chi connectivity index (χ2n) is 5.70. The Morgan fingerprint density at radius 2 is 2.14 bits per heavy atom. The number of rotatable bonds is 6. The average molecular weight is 305 g/mol. The van der Waals surface area contributed by atoms with E-state index in [1.165, 1.54) is 17.5 Å². The van der Waals surface area contributed by atoms with Crippen molar-refractivity contribution in [2.24, 2.45) is 5.84 Å². The lowest BCUT2D eigenvalue weighted by Crippen LogP contribution is -2.54. The van der Waals surface area contributed by atoms with E-state index in [0.29, 0.717) is 0 Å². The summed E-state index contributed by atoms with van der Waals surface area (Å²) in [6, 6.07) is 8.40. The van der Waals surface area contributed by atoms with Gasteiger partial charge < -0.3 is 4.74 Å². The molecule has 5 heteroatoms. The van der Waals surface area contributed by atoms with Crippen LogP contribution in [-0.2, 0) is 11.2 Å². The molecule has 1 aliphatic rings. The van der Waals surface area contributed by atoms with Crippen molar-refractivity contribution >= 4 is 21.6 Å². The van der Waals surface area contributed by atoms with E-state index in [0.717, 1.165) is 36.4 Å². The summed E-state index contributed by atoms with van der Waals surface area (Å²) in [6.07, 6.45) is 5.44. The second kappa shape index (κ2) is 6.40. The SMILES string of the molecule is CCOC1(C(Cc2nc3ccccc3s2)NN)CCCC1. The van der Waals surface area contributed by atoms with Crippen molar-refractivity contribution in [2.75, 3.05) is 6.61 Å². The number of nitrogens with zero attached hydrogens (tertiary/aromatic N) is 1. The van der Waals surface area contributed by atoms with E-state index in [9.17, 15) is 0 Å². The van der Waals surface area contributed by atoms with Crippen LogP contribution in [0.15, 0.2) is 24.3 Å². The van der Waals surface area contributed by atoms with Crippen molar-refractivity contribution in [3.05, 3.63) is 29.3 Å². The van der Waals surface area contributed by atoms with E-state index in [2.05, 4.69) is 30.5 Å². The quantitative estimate of drug-likeness (QED) is 0.636. The molecule has 1 saturated carbocycles. The Balaban J connectivity index is 1.82. The first-order chi connectivity index (χ1) is 10.3. The van der Waals surface area contributed by atoms with Gasteiger partial charge in [0.2, 0.25) is 0 Å². The van der Waals surface area contributed by atoms with Gasteiger partial charge in [-0.2, -0.15) is 0 Å². The number of fused-ring (bicyclic) bond motifs is 1. The zero-order valence-corrected chi connectivity index (χ0v) is 13.3. The smallest absolute Gasteiger partial charge is 0.0955 e. The van der Waals surface area contributed by atoms with Gasteiger partial charge in [0.1, 0.15) is 0 Å². The molecular formula is C16H23N3OS. The summed E-state index contributed by atoms with van der Waals surface area (Å²) in [4.78, 5) is 4.73. The normalized spacial score (nSPS) is 19.1. The molecule has 0 spiro atoms. The minimum absolute atomic E-state index is 0.124. The lowest BCUT2D eigenvalue weighted by atomic mass is 9.90. The van der Waals surface area contributed by atoms with E-state index in [1.807, 2.05) is 6.07 Å². The summed E-state index contributed by atoms with van der Waals surface area (Å²) in [5.41, 5.74) is 3.95. The third-order valence-electron chi connectivity index (χ3n) is 4.43. The van der Waals surface area contributed by atoms with E-state index in [1.54, 1.807) is 11.3 Å². The molecule has 114 valence electrons. The number of para-hydroxylation sites is 1. The van der Waals surface area contributed by atoms with Crippen LogP contribution in [0.3, 0.4) is 0 Å². The molecule has 0 amide bonds. The molecule has 1 aromatic heterocycles. The van der Waals surface area contributed by atoms with Crippen molar-refractivity contribution in [2.45, 2.75) is 50.7 Å². The number of thiazole rings is 1. The predicted octanol–water partition coefficient (Wildman–Crippen LogP) is 3.02. The van der Waals surface area contributed by atoms with Crippen LogP contribution in [0.1, 0.15) is 37.6 Å². The Bertz CT molecular complexity index is 559. The van der Waals surface area contributed by atoms with Gasteiger partial charge in [0.15, 0.2) is 0 Å². The zero-order valence-electron chi connectivity index (χ0n) is 12.5. The Morgan fingerprint density at radius 1 is 1.38 bits per heavy atom. The van der Waals surface area contributed by atoms with Gasteiger partial charge in [-0.25, -0.2) is 4.98 Å². The number of nitrogens with one attached hydrogen (secondary N) is 1. The molecule has 21 heavy (non-hydrogen) atoms. The molecule has 0 bridgehead atoms. The number of benzene rings is 1. The van der Waals surface area contributed by atoms with Crippen molar-refractivity contribution in [1.82, 2.24) is 10.4 Å². The largest absolute Gasteiger partial charge is 0.374 e. The highest BCUT2D eigenvalue weighted by Crippen LogP contribution is 2.37. The second-order valence-corrected chi connectivity index (χ2v) is 6.82. The highest BCUT2D eigenvalue weighted by Gasteiger charge is 2.42. The minimum atomic E-state index is -0.124. The zero-order chi connectivity index (χ0) is 14.7. The molecule has 4 nitrogen and oxygen atoms in total. The standard InChI is InChI=1S/C16H23N3OS/c1-2-20-16(9-5-6-10-16)14(19-17)11-15-18-12-7-3-4-8-13(12)21-15/h3-4,7-8,14,19H,2,5-6,9-11,17H2,1H3. The van der Waals surface area contributed by atoms with Crippen LogP contribution in [0.5, 0.6) is 0 Å². The molecule has 1 aromatic carbocycles. The fraction of sp³-hybridized carbons (Fsp3) is 0.562. The maximum Gasteiger partial charge on any atom is 0.0955 e. The predicted molar refractivity (Wildman–Crippen MR) is 87.3 cm³/mol. The third-order valence-corrected chi connectivity index (χ3v) is 5.49. The molecule has 3 rings (SSSR count). The van der Waals surface area contributed by atoms with Crippen LogP contribution in [0.4, 0.5) is 0 Å². The van der Waals surface area contributed by atoms with Gasteiger partial charge in [0.25, 0.3) is 0 Å². The fourth-order valence-corrected chi connectivity index (χ4v) is 4.45. The maximum absolute atomic E-state index is 6.12. The van der Waals surface area contributed by atoms with Gasteiger partial charge in [-0.1, -0.05) is 25.0 Å². The van der Waals surface area contributed by atoms with Gasteiger partial charge in [-0.3, -0.25) is 11.3 Å². The summed E-state index contributed by atoms with van der Waals surface area (Å²) in [5.74, 6) is 5.86. The molecule has 1 atom stereocenters. The molecule has 0 radical (unpaired) electrons. The summed E-state index contributed by atoms with van der Waals surface area (Å²) in [5, 5.41) is 1.13. The van der Waals surface area contributed by atoms with Crippen molar-refractivity contribution in [1.29, 1.82) is 0 Å². The van der Waals surface area contributed by atoms with Gasteiger partial charge in [0.05, 0.1) is 26.9 Å². The van der Waals surface area contributed by atoms with Gasteiger partial charge >= 0.3 is 0 Å². The Kier molecular flexibility index (Phi) is 4.54. The van der Waals surface area contributed by atoms with Crippen molar-refractivity contribution in [3.8, 4) is 0 Å². The molecule has 1 aliphatic carbocycles. The molecule has 0 aliphatic heterocycles. The van der Waals surface area contributed by atoms with Gasteiger partial charge in [-0.15, -0.1) is 11.3 Å². The summed E-state index contributed by atoms with van der Waals surface area (Å²) >= 11 is 1.75. The van der Waals surface area contributed by atoms with E-state index in [-0.39, 0.29) is 11.6 Å². The van der Waals surface area contributed by atoms with Crippen molar-refractivity contribution < 1.29 is 4.74 Å².